The van der Waals surface area contributed by atoms with Crippen LogP contribution in [-0.2, 0) is 23.1 Å². The first kappa shape index (κ1) is 24.6. The fourth-order valence-electron chi connectivity index (χ4n) is 3.60. The highest BCUT2D eigenvalue weighted by molar-refractivity contribution is 7.89. The van der Waals surface area contributed by atoms with Crippen LogP contribution in [0.2, 0.25) is 0 Å². The molecule has 0 atom stereocenters. The van der Waals surface area contributed by atoms with Crippen molar-refractivity contribution in [2.75, 3.05) is 14.2 Å². The molecule has 0 saturated carbocycles. The van der Waals surface area contributed by atoms with Gasteiger partial charge in [-0.05, 0) is 48.0 Å². The number of carbonyl (C=O) groups is 1. The molecule has 0 unspecified atom stereocenters. The third kappa shape index (κ3) is 5.27. The Morgan fingerprint density at radius 1 is 1.11 bits per heavy atom. The Balaban J connectivity index is 1.61. The van der Waals surface area contributed by atoms with E-state index in [1.54, 1.807) is 13.2 Å². The van der Waals surface area contributed by atoms with E-state index in [4.69, 9.17) is 4.74 Å². The molecule has 4 rings (SSSR count). The molecule has 1 amide bonds. The highest BCUT2D eigenvalue weighted by Gasteiger charge is 2.21. The lowest BCUT2D eigenvalue weighted by Gasteiger charge is -2.17. The number of amides is 1. The molecule has 0 aliphatic carbocycles. The summed E-state index contributed by atoms with van der Waals surface area (Å²) in [5.41, 5.74) is 2.11. The lowest BCUT2D eigenvalue weighted by atomic mass is 10.2. The molecular weight excluding hydrogens is 482 g/mol. The van der Waals surface area contributed by atoms with Crippen molar-refractivity contribution in [2.24, 2.45) is 4.99 Å². The quantitative estimate of drug-likeness (QED) is 0.330. The second-order valence-electron chi connectivity index (χ2n) is 7.81. The molecule has 4 aromatic rings. The van der Waals surface area contributed by atoms with Crippen LogP contribution in [0.25, 0.3) is 10.2 Å². The van der Waals surface area contributed by atoms with Crippen molar-refractivity contribution >= 4 is 37.5 Å². The van der Waals surface area contributed by atoms with Crippen molar-refractivity contribution in [2.45, 2.75) is 18.0 Å². The van der Waals surface area contributed by atoms with E-state index in [0.717, 1.165) is 21.5 Å². The van der Waals surface area contributed by atoms with Crippen LogP contribution in [0.15, 0.2) is 95.3 Å². The molecule has 0 radical (unpaired) electrons. The van der Waals surface area contributed by atoms with Gasteiger partial charge < -0.3 is 9.30 Å². The molecule has 0 N–H and O–H groups in total. The van der Waals surface area contributed by atoms with Gasteiger partial charge in [0.05, 0.1) is 22.2 Å². The van der Waals surface area contributed by atoms with Crippen LogP contribution in [-0.4, -0.2) is 37.4 Å². The second-order valence-corrected chi connectivity index (χ2v) is 10.9. The molecule has 1 heterocycles. The Bertz CT molecular complexity index is 1540. The van der Waals surface area contributed by atoms with Gasteiger partial charge in [0.15, 0.2) is 4.80 Å². The van der Waals surface area contributed by atoms with Crippen LogP contribution in [0, 0.1) is 0 Å². The number of rotatable bonds is 8. The zero-order valence-corrected chi connectivity index (χ0v) is 21.1. The molecule has 3 aromatic carbocycles. The van der Waals surface area contributed by atoms with Crippen LogP contribution < -0.4 is 9.54 Å². The maximum Gasteiger partial charge on any atom is 0.279 e. The van der Waals surface area contributed by atoms with Gasteiger partial charge in [0.25, 0.3) is 5.91 Å². The van der Waals surface area contributed by atoms with Gasteiger partial charge in [-0.3, -0.25) is 4.79 Å². The number of aromatic nitrogens is 1. The van der Waals surface area contributed by atoms with Crippen LogP contribution in [0.4, 0.5) is 0 Å². The summed E-state index contributed by atoms with van der Waals surface area (Å²) in [5, 5.41) is 0. The summed E-state index contributed by atoms with van der Waals surface area (Å²) in [7, 11) is -0.575. The fourth-order valence-corrected chi connectivity index (χ4v) is 5.82. The number of ether oxygens (including phenoxy) is 1. The number of allylic oxidation sites excluding steroid dienone is 1. The second kappa shape index (κ2) is 10.4. The molecule has 1 aromatic heterocycles. The van der Waals surface area contributed by atoms with Crippen LogP contribution in [0.1, 0.15) is 15.9 Å². The minimum atomic E-state index is -3.71. The number of hydrogen-bond donors (Lipinski definition) is 0. The van der Waals surface area contributed by atoms with E-state index in [2.05, 4.69) is 11.6 Å². The summed E-state index contributed by atoms with van der Waals surface area (Å²) in [6.45, 7) is 4.54. The zero-order chi connectivity index (χ0) is 25.0. The molecule has 0 aliphatic heterocycles. The molecule has 0 aliphatic rings. The summed E-state index contributed by atoms with van der Waals surface area (Å²) >= 11 is 1.37. The fraction of sp³-hybridized carbons (Fsp3) is 0.154. The molecule has 180 valence electrons. The molecular formula is C26H25N3O4S2. The number of benzene rings is 3. The standard InChI is InChI=1S/C26H25N3O4S2/c1-4-16-29-23-15-12-21(33-3)17-24(23)34-26(29)27-25(30)20-10-13-22(14-11-20)35(31,32)28(2)18-19-8-6-5-7-9-19/h4-15,17H,1,16,18H2,2-3H3. The third-order valence-electron chi connectivity index (χ3n) is 5.46. The van der Waals surface area contributed by atoms with Gasteiger partial charge in [0.2, 0.25) is 10.0 Å². The molecule has 9 heteroatoms. The third-order valence-corrected chi connectivity index (χ3v) is 8.32. The lowest BCUT2D eigenvalue weighted by Crippen LogP contribution is -2.26. The largest absolute Gasteiger partial charge is 0.497 e. The number of fused-ring (bicyclic) bond motifs is 1. The minimum absolute atomic E-state index is 0.114. The van der Waals surface area contributed by atoms with Gasteiger partial charge in [0.1, 0.15) is 5.75 Å². The number of nitrogens with zero attached hydrogens (tertiary/aromatic N) is 3. The van der Waals surface area contributed by atoms with Gasteiger partial charge in [-0.1, -0.05) is 47.7 Å². The van der Waals surface area contributed by atoms with Gasteiger partial charge >= 0.3 is 0 Å². The molecule has 0 spiro atoms. The lowest BCUT2D eigenvalue weighted by molar-refractivity contribution is 0.0997. The Labute approximate surface area is 208 Å². The first-order valence-electron chi connectivity index (χ1n) is 10.8. The van der Waals surface area contributed by atoms with Gasteiger partial charge in [-0.15, -0.1) is 6.58 Å². The van der Waals surface area contributed by atoms with Gasteiger partial charge in [0, 0.05) is 25.7 Å². The van der Waals surface area contributed by atoms with Crippen LogP contribution in [0.3, 0.4) is 0 Å². The number of sulfonamides is 1. The average Bonchev–Trinajstić information content (AvgIpc) is 3.20. The van der Waals surface area contributed by atoms with E-state index in [1.807, 2.05) is 53.1 Å². The number of carbonyl (C=O) groups excluding carboxylic acids is 1. The monoisotopic (exact) mass is 507 g/mol. The van der Waals surface area contributed by atoms with Crippen LogP contribution >= 0.6 is 11.3 Å². The number of hydrogen-bond acceptors (Lipinski definition) is 5. The van der Waals surface area contributed by atoms with E-state index in [-0.39, 0.29) is 11.4 Å². The summed E-state index contributed by atoms with van der Waals surface area (Å²) in [4.78, 5) is 17.9. The predicted octanol–water partition coefficient (Wildman–Crippen LogP) is 4.46. The van der Waals surface area contributed by atoms with Gasteiger partial charge in [-0.2, -0.15) is 9.30 Å². The molecule has 0 bridgehead atoms. The maximum absolute atomic E-state index is 13.0. The highest BCUT2D eigenvalue weighted by Crippen LogP contribution is 2.23. The minimum Gasteiger partial charge on any atom is -0.497 e. The first-order chi connectivity index (χ1) is 16.8. The van der Waals surface area contributed by atoms with E-state index >= 15 is 0 Å². The summed E-state index contributed by atoms with van der Waals surface area (Å²) in [6.07, 6.45) is 1.74. The van der Waals surface area contributed by atoms with Crippen molar-refractivity contribution < 1.29 is 17.9 Å². The summed E-state index contributed by atoms with van der Waals surface area (Å²) in [5.74, 6) is 0.263. The molecule has 7 nitrogen and oxygen atoms in total. The highest BCUT2D eigenvalue weighted by atomic mass is 32.2. The maximum atomic E-state index is 13.0. The Kier molecular flexibility index (Phi) is 7.30. The van der Waals surface area contributed by atoms with E-state index in [9.17, 15) is 13.2 Å². The molecule has 35 heavy (non-hydrogen) atoms. The topological polar surface area (TPSA) is 81.0 Å². The van der Waals surface area contributed by atoms with Crippen molar-refractivity contribution in [3.8, 4) is 5.75 Å². The smallest absolute Gasteiger partial charge is 0.279 e. The van der Waals surface area contributed by atoms with E-state index < -0.39 is 15.9 Å². The SMILES string of the molecule is C=CCn1c(=NC(=O)c2ccc(S(=O)(=O)N(C)Cc3ccccc3)cc2)sc2cc(OC)ccc21. The summed E-state index contributed by atoms with van der Waals surface area (Å²) < 4.78 is 35.4. The average molecular weight is 508 g/mol. The van der Waals surface area contributed by atoms with E-state index in [0.29, 0.717) is 16.9 Å². The Morgan fingerprint density at radius 3 is 2.49 bits per heavy atom. The number of thiazole rings is 1. The van der Waals surface area contributed by atoms with Crippen LogP contribution in [0.5, 0.6) is 5.75 Å². The van der Waals surface area contributed by atoms with E-state index in [1.165, 1.54) is 47.0 Å². The first-order valence-corrected chi connectivity index (χ1v) is 13.1. The molecule has 0 saturated heterocycles. The molecule has 0 fully saturated rings. The summed E-state index contributed by atoms with van der Waals surface area (Å²) in [6, 6.07) is 20.9. The van der Waals surface area contributed by atoms with Crippen molar-refractivity contribution in [1.29, 1.82) is 0 Å². The number of methoxy groups -OCH3 is 1. The van der Waals surface area contributed by atoms with Gasteiger partial charge in [-0.25, -0.2) is 8.42 Å². The predicted molar refractivity (Wildman–Crippen MR) is 138 cm³/mol. The zero-order valence-electron chi connectivity index (χ0n) is 19.4. The Morgan fingerprint density at radius 2 is 1.83 bits per heavy atom. The normalized spacial score (nSPS) is 12.3. The van der Waals surface area contributed by atoms with Crippen molar-refractivity contribution in [3.05, 3.63) is 101 Å². The van der Waals surface area contributed by atoms with Crippen molar-refractivity contribution in [1.82, 2.24) is 8.87 Å². The Hall–Kier alpha value is -3.53. The van der Waals surface area contributed by atoms with Crippen molar-refractivity contribution in [3.63, 3.8) is 0 Å².